The lowest BCUT2D eigenvalue weighted by Crippen LogP contribution is -2.05. The van der Waals surface area contributed by atoms with Crippen molar-refractivity contribution < 1.29 is 14.6 Å². The van der Waals surface area contributed by atoms with Gasteiger partial charge in [-0.15, -0.1) is 0 Å². The van der Waals surface area contributed by atoms with Gasteiger partial charge in [0.15, 0.2) is 0 Å². The van der Waals surface area contributed by atoms with E-state index < -0.39 is 5.97 Å². The van der Waals surface area contributed by atoms with Crippen LogP contribution < -0.4 is 10.1 Å². The molecule has 0 fully saturated rings. The van der Waals surface area contributed by atoms with E-state index in [-0.39, 0.29) is 5.56 Å². The maximum absolute atomic E-state index is 10.9. The molecule has 4 nitrogen and oxygen atoms in total. The third-order valence-corrected chi connectivity index (χ3v) is 3.04. The summed E-state index contributed by atoms with van der Waals surface area (Å²) < 4.78 is 5.22. The topological polar surface area (TPSA) is 58.6 Å². The van der Waals surface area contributed by atoms with Crippen molar-refractivity contribution in [2.75, 3.05) is 19.0 Å². The summed E-state index contributed by atoms with van der Waals surface area (Å²) in [6.45, 7) is 3.03. The quantitative estimate of drug-likeness (QED) is 0.667. The van der Waals surface area contributed by atoms with E-state index in [2.05, 4.69) is 12.2 Å². The van der Waals surface area contributed by atoms with E-state index >= 15 is 0 Å². The Balaban J connectivity index is 2.50. The molecule has 0 spiro atoms. The van der Waals surface area contributed by atoms with Crippen LogP contribution in [0.3, 0.4) is 0 Å². The summed E-state index contributed by atoms with van der Waals surface area (Å²) in [5.41, 5.74) is 1.02. The molecule has 19 heavy (non-hydrogen) atoms. The number of nitrogens with one attached hydrogen (secondary N) is 1. The lowest BCUT2D eigenvalue weighted by Gasteiger charge is -2.11. The Morgan fingerprint density at radius 1 is 1.26 bits per heavy atom. The van der Waals surface area contributed by atoms with Gasteiger partial charge in [0.05, 0.1) is 18.4 Å². The highest BCUT2D eigenvalue weighted by Gasteiger charge is 2.08. The van der Waals surface area contributed by atoms with Crippen LogP contribution in [-0.4, -0.2) is 24.7 Å². The van der Waals surface area contributed by atoms with Crippen molar-refractivity contribution in [3.8, 4) is 5.75 Å². The van der Waals surface area contributed by atoms with Crippen molar-refractivity contribution in [2.24, 2.45) is 0 Å². The first kappa shape index (κ1) is 15.3. The van der Waals surface area contributed by atoms with Crippen LogP contribution in [0, 0.1) is 0 Å². The molecule has 1 rings (SSSR count). The number of benzene rings is 1. The molecule has 0 unspecified atom stereocenters. The van der Waals surface area contributed by atoms with E-state index in [1.54, 1.807) is 25.3 Å². The van der Waals surface area contributed by atoms with Crippen molar-refractivity contribution in [2.45, 2.75) is 39.0 Å². The molecule has 0 bridgehead atoms. The zero-order chi connectivity index (χ0) is 14.1. The van der Waals surface area contributed by atoms with Crippen molar-refractivity contribution in [1.82, 2.24) is 0 Å². The number of aromatic carboxylic acids is 1. The number of hydrogen-bond donors (Lipinski definition) is 2. The van der Waals surface area contributed by atoms with Crippen molar-refractivity contribution in [3.63, 3.8) is 0 Å². The van der Waals surface area contributed by atoms with E-state index in [1.807, 2.05) is 0 Å². The third-order valence-electron chi connectivity index (χ3n) is 3.04. The highest BCUT2D eigenvalue weighted by atomic mass is 16.5. The molecule has 0 aliphatic heterocycles. The average molecular weight is 265 g/mol. The molecule has 0 radical (unpaired) electrons. The lowest BCUT2D eigenvalue weighted by atomic mass is 10.1. The molecule has 0 saturated heterocycles. The number of unbranched alkanes of at least 4 members (excludes halogenated alkanes) is 4. The molecule has 0 aliphatic carbocycles. The summed E-state index contributed by atoms with van der Waals surface area (Å²) >= 11 is 0. The maximum atomic E-state index is 10.9. The fourth-order valence-corrected chi connectivity index (χ4v) is 1.93. The van der Waals surface area contributed by atoms with Crippen LogP contribution in [-0.2, 0) is 0 Å². The summed E-state index contributed by atoms with van der Waals surface area (Å²) in [5, 5.41) is 12.2. The molecule has 106 valence electrons. The molecule has 0 atom stereocenters. The SMILES string of the molecule is CCCCCCCNc1cc(C(=O)O)ccc1OC. The Hall–Kier alpha value is -1.71. The summed E-state index contributed by atoms with van der Waals surface area (Å²) in [6, 6.07) is 4.85. The van der Waals surface area contributed by atoms with Gasteiger partial charge in [0, 0.05) is 6.54 Å². The van der Waals surface area contributed by atoms with Crippen LogP contribution in [0.5, 0.6) is 5.75 Å². The number of carboxylic acids is 1. The number of carboxylic acid groups (broad SMARTS) is 1. The van der Waals surface area contributed by atoms with Crippen molar-refractivity contribution in [3.05, 3.63) is 23.8 Å². The minimum absolute atomic E-state index is 0.272. The largest absolute Gasteiger partial charge is 0.495 e. The lowest BCUT2D eigenvalue weighted by molar-refractivity contribution is 0.0697. The van der Waals surface area contributed by atoms with Gasteiger partial charge < -0.3 is 15.2 Å². The van der Waals surface area contributed by atoms with Gasteiger partial charge in [-0.2, -0.15) is 0 Å². The zero-order valence-corrected chi connectivity index (χ0v) is 11.7. The molecule has 0 amide bonds. The standard InChI is InChI=1S/C15H23NO3/c1-3-4-5-6-7-10-16-13-11-12(15(17)18)8-9-14(13)19-2/h8-9,11,16H,3-7,10H2,1-2H3,(H,17,18). The first-order chi connectivity index (χ1) is 9.19. The van der Waals surface area contributed by atoms with E-state index in [9.17, 15) is 4.79 Å². The molecule has 0 aromatic heterocycles. The molecule has 2 N–H and O–H groups in total. The van der Waals surface area contributed by atoms with Crippen molar-refractivity contribution in [1.29, 1.82) is 0 Å². The summed E-state index contributed by atoms with van der Waals surface area (Å²) in [7, 11) is 1.59. The molecular weight excluding hydrogens is 242 g/mol. The first-order valence-corrected chi connectivity index (χ1v) is 6.84. The Labute approximate surface area is 114 Å². The number of anilines is 1. The van der Waals surface area contributed by atoms with Crippen LogP contribution in [0.2, 0.25) is 0 Å². The number of carbonyl (C=O) groups is 1. The second-order valence-corrected chi connectivity index (χ2v) is 4.56. The summed E-state index contributed by atoms with van der Waals surface area (Å²) in [6.07, 6.45) is 6.05. The monoisotopic (exact) mass is 265 g/mol. The number of rotatable bonds is 9. The van der Waals surface area contributed by atoms with E-state index in [4.69, 9.17) is 9.84 Å². The highest BCUT2D eigenvalue weighted by molar-refractivity contribution is 5.89. The molecule has 0 saturated carbocycles. The van der Waals surface area contributed by atoms with Gasteiger partial charge >= 0.3 is 5.97 Å². The highest BCUT2D eigenvalue weighted by Crippen LogP contribution is 2.25. The van der Waals surface area contributed by atoms with Crippen LogP contribution in [0.1, 0.15) is 49.4 Å². The second kappa shape index (κ2) is 8.40. The molecule has 1 aromatic rings. The predicted molar refractivity (Wildman–Crippen MR) is 77.2 cm³/mol. The zero-order valence-electron chi connectivity index (χ0n) is 11.7. The smallest absolute Gasteiger partial charge is 0.335 e. The summed E-state index contributed by atoms with van der Waals surface area (Å²) in [4.78, 5) is 10.9. The Morgan fingerprint density at radius 2 is 2.00 bits per heavy atom. The fourth-order valence-electron chi connectivity index (χ4n) is 1.93. The summed E-state index contributed by atoms with van der Waals surface area (Å²) in [5.74, 6) is -0.243. The minimum atomic E-state index is -0.923. The van der Waals surface area contributed by atoms with Crippen LogP contribution in [0.25, 0.3) is 0 Å². The number of hydrogen-bond acceptors (Lipinski definition) is 3. The van der Waals surface area contributed by atoms with Crippen molar-refractivity contribution >= 4 is 11.7 Å². The van der Waals surface area contributed by atoms with E-state index in [1.165, 1.54) is 25.7 Å². The van der Waals surface area contributed by atoms with Gasteiger partial charge in [0.1, 0.15) is 5.75 Å². The molecule has 0 heterocycles. The number of methoxy groups -OCH3 is 1. The minimum Gasteiger partial charge on any atom is -0.495 e. The maximum Gasteiger partial charge on any atom is 0.335 e. The Bertz CT molecular complexity index is 404. The van der Waals surface area contributed by atoms with Gasteiger partial charge in [-0.25, -0.2) is 4.79 Å². The van der Waals surface area contributed by atoms with Crippen LogP contribution >= 0.6 is 0 Å². The Morgan fingerprint density at radius 3 is 2.63 bits per heavy atom. The second-order valence-electron chi connectivity index (χ2n) is 4.56. The molecular formula is C15H23NO3. The van der Waals surface area contributed by atoms with Gasteiger partial charge in [0.25, 0.3) is 0 Å². The average Bonchev–Trinajstić information content (AvgIpc) is 2.42. The van der Waals surface area contributed by atoms with Crippen LogP contribution in [0.4, 0.5) is 5.69 Å². The van der Waals surface area contributed by atoms with Gasteiger partial charge in [0.2, 0.25) is 0 Å². The van der Waals surface area contributed by atoms with Gasteiger partial charge in [-0.05, 0) is 24.6 Å². The molecule has 0 aliphatic rings. The molecule has 4 heteroatoms. The molecule has 1 aromatic carbocycles. The normalized spacial score (nSPS) is 10.2. The Kier molecular flexibility index (Phi) is 6.79. The third kappa shape index (κ3) is 5.20. The van der Waals surface area contributed by atoms with Gasteiger partial charge in [-0.1, -0.05) is 32.6 Å². The predicted octanol–water partition coefficient (Wildman–Crippen LogP) is 3.78. The number of ether oxygens (including phenoxy) is 1. The fraction of sp³-hybridized carbons (Fsp3) is 0.533. The van der Waals surface area contributed by atoms with Gasteiger partial charge in [-0.3, -0.25) is 0 Å². The van der Waals surface area contributed by atoms with E-state index in [0.717, 1.165) is 18.7 Å². The van der Waals surface area contributed by atoms with E-state index in [0.29, 0.717) is 5.75 Å². The van der Waals surface area contributed by atoms with Crippen LogP contribution in [0.15, 0.2) is 18.2 Å². The first-order valence-electron chi connectivity index (χ1n) is 6.84.